The van der Waals surface area contributed by atoms with Gasteiger partial charge in [-0.25, -0.2) is 0 Å². The molecular formula is C18H17Cl3N2O. The van der Waals surface area contributed by atoms with E-state index in [9.17, 15) is 4.79 Å². The molecule has 24 heavy (non-hydrogen) atoms. The van der Waals surface area contributed by atoms with E-state index in [0.29, 0.717) is 27.2 Å². The molecule has 2 aromatic rings. The number of halogens is 3. The summed E-state index contributed by atoms with van der Waals surface area (Å²) >= 11 is 18.0. The second kappa shape index (κ2) is 7.32. The van der Waals surface area contributed by atoms with Crippen molar-refractivity contribution in [3.8, 4) is 0 Å². The van der Waals surface area contributed by atoms with E-state index < -0.39 is 0 Å². The second-order valence-corrected chi connectivity index (χ2v) is 7.17. The maximum absolute atomic E-state index is 12.5. The van der Waals surface area contributed by atoms with E-state index in [-0.39, 0.29) is 11.9 Å². The number of nitrogens with one attached hydrogen (secondary N) is 1. The molecule has 6 heteroatoms. The quantitative estimate of drug-likeness (QED) is 0.738. The summed E-state index contributed by atoms with van der Waals surface area (Å²) in [5.41, 5.74) is 2.99. The Labute approximate surface area is 156 Å². The van der Waals surface area contributed by atoms with Crippen molar-refractivity contribution in [2.45, 2.75) is 18.9 Å². The lowest BCUT2D eigenvalue weighted by Gasteiger charge is -2.34. The van der Waals surface area contributed by atoms with Gasteiger partial charge in [0.05, 0.1) is 20.8 Å². The number of carbonyl (C=O) groups excluding carboxylic acids is 1. The molecule has 1 aliphatic heterocycles. The van der Waals surface area contributed by atoms with Gasteiger partial charge in [-0.3, -0.25) is 9.69 Å². The molecule has 1 atom stereocenters. The van der Waals surface area contributed by atoms with Crippen molar-refractivity contribution in [3.63, 3.8) is 0 Å². The van der Waals surface area contributed by atoms with Crippen LogP contribution in [0.4, 0.5) is 5.69 Å². The van der Waals surface area contributed by atoms with Crippen molar-refractivity contribution < 1.29 is 4.79 Å². The lowest BCUT2D eigenvalue weighted by Crippen LogP contribution is -2.34. The lowest BCUT2D eigenvalue weighted by atomic mass is 9.91. The maximum atomic E-state index is 12.5. The predicted octanol–water partition coefficient (Wildman–Crippen LogP) is 5.20. The first-order valence-electron chi connectivity index (χ1n) is 7.68. The zero-order valence-corrected chi connectivity index (χ0v) is 15.4. The van der Waals surface area contributed by atoms with Crippen LogP contribution in [0.3, 0.4) is 0 Å². The molecule has 0 aliphatic carbocycles. The zero-order valence-electron chi connectivity index (χ0n) is 13.2. The number of hydrogen-bond acceptors (Lipinski definition) is 2. The van der Waals surface area contributed by atoms with Gasteiger partial charge in [-0.05, 0) is 36.7 Å². The summed E-state index contributed by atoms with van der Waals surface area (Å²) in [6, 6.07) is 11.4. The minimum Gasteiger partial charge on any atom is -0.325 e. The molecule has 0 radical (unpaired) electrons. The molecule has 1 aliphatic rings. The van der Waals surface area contributed by atoms with Crippen LogP contribution >= 0.6 is 34.8 Å². The van der Waals surface area contributed by atoms with Crippen molar-refractivity contribution in [2.75, 3.05) is 18.9 Å². The summed E-state index contributed by atoms with van der Waals surface area (Å²) in [7, 11) is 2.04. The minimum atomic E-state index is -0.108. The second-order valence-electron chi connectivity index (χ2n) is 5.94. The van der Waals surface area contributed by atoms with Crippen LogP contribution in [0.2, 0.25) is 15.1 Å². The van der Waals surface area contributed by atoms with Crippen LogP contribution in [0.1, 0.15) is 23.6 Å². The third kappa shape index (κ3) is 3.70. The monoisotopic (exact) mass is 382 g/mol. The number of rotatable bonds is 3. The molecule has 1 amide bonds. The number of carbonyl (C=O) groups is 1. The molecule has 3 rings (SSSR count). The van der Waals surface area contributed by atoms with Crippen LogP contribution in [0.15, 0.2) is 36.4 Å². The van der Waals surface area contributed by atoms with Gasteiger partial charge < -0.3 is 5.32 Å². The topological polar surface area (TPSA) is 32.3 Å². The third-order valence-electron chi connectivity index (χ3n) is 4.34. The van der Waals surface area contributed by atoms with Crippen LogP contribution in [0.5, 0.6) is 0 Å². The van der Waals surface area contributed by atoms with E-state index in [1.807, 2.05) is 19.2 Å². The fourth-order valence-electron chi connectivity index (χ4n) is 3.04. The standard InChI is InChI=1S/C18H17Cl3N2O/c1-23-7-6-11-4-2-3-5-12(11)17(23)10-18(24)22-16-9-14(20)13(19)8-15(16)21/h2-5,8-9,17H,6-7,10H2,1H3,(H,22,24). The number of benzene rings is 2. The summed E-state index contributed by atoms with van der Waals surface area (Å²) in [6.45, 7) is 0.933. The number of anilines is 1. The zero-order chi connectivity index (χ0) is 17.3. The van der Waals surface area contributed by atoms with Crippen LogP contribution in [0, 0.1) is 0 Å². The molecule has 0 bridgehead atoms. The van der Waals surface area contributed by atoms with Gasteiger partial charge in [-0.2, -0.15) is 0 Å². The Morgan fingerprint density at radius 1 is 1.17 bits per heavy atom. The largest absolute Gasteiger partial charge is 0.325 e. The molecule has 1 heterocycles. The van der Waals surface area contributed by atoms with Gasteiger partial charge in [0, 0.05) is 19.0 Å². The van der Waals surface area contributed by atoms with E-state index in [4.69, 9.17) is 34.8 Å². The molecular weight excluding hydrogens is 367 g/mol. The van der Waals surface area contributed by atoms with Crippen LogP contribution in [-0.2, 0) is 11.2 Å². The first-order chi connectivity index (χ1) is 11.5. The van der Waals surface area contributed by atoms with Crippen LogP contribution < -0.4 is 5.32 Å². The Bertz CT molecular complexity index is 779. The number of likely N-dealkylation sites (N-methyl/N-ethyl adjacent to an activating group) is 1. The SMILES string of the molecule is CN1CCc2ccccc2C1CC(=O)Nc1cc(Cl)c(Cl)cc1Cl. The molecule has 0 saturated heterocycles. The van der Waals surface area contributed by atoms with Gasteiger partial charge >= 0.3 is 0 Å². The van der Waals surface area contributed by atoms with Gasteiger partial charge in [0.25, 0.3) is 0 Å². The van der Waals surface area contributed by atoms with Crippen molar-refractivity contribution in [1.29, 1.82) is 0 Å². The van der Waals surface area contributed by atoms with E-state index in [0.717, 1.165) is 13.0 Å². The van der Waals surface area contributed by atoms with Crippen molar-refractivity contribution in [2.24, 2.45) is 0 Å². The fourth-order valence-corrected chi connectivity index (χ4v) is 3.63. The smallest absolute Gasteiger partial charge is 0.226 e. The number of nitrogens with zero attached hydrogens (tertiary/aromatic N) is 1. The number of hydrogen-bond donors (Lipinski definition) is 1. The molecule has 2 aromatic carbocycles. The summed E-state index contributed by atoms with van der Waals surface area (Å²) in [4.78, 5) is 14.7. The average molecular weight is 384 g/mol. The van der Waals surface area contributed by atoms with E-state index in [2.05, 4.69) is 22.3 Å². The van der Waals surface area contributed by atoms with Gasteiger partial charge in [0.15, 0.2) is 0 Å². The average Bonchev–Trinajstić information content (AvgIpc) is 2.55. The molecule has 0 fully saturated rings. The molecule has 0 aromatic heterocycles. The summed E-state index contributed by atoms with van der Waals surface area (Å²) in [5.74, 6) is -0.108. The predicted molar refractivity (Wildman–Crippen MR) is 100 cm³/mol. The van der Waals surface area contributed by atoms with Gasteiger partial charge in [-0.15, -0.1) is 0 Å². The van der Waals surface area contributed by atoms with Crippen LogP contribution in [-0.4, -0.2) is 24.4 Å². The molecule has 3 nitrogen and oxygen atoms in total. The lowest BCUT2D eigenvalue weighted by molar-refractivity contribution is -0.117. The summed E-state index contributed by atoms with van der Waals surface area (Å²) in [6.07, 6.45) is 1.35. The normalized spacial score (nSPS) is 17.4. The van der Waals surface area contributed by atoms with Crippen molar-refractivity contribution in [1.82, 2.24) is 4.90 Å². The van der Waals surface area contributed by atoms with Gasteiger partial charge in [0.2, 0.25) is 5.91 Å². The molecule has 1 N–H and O–H groups in total. The van der Waals surface area contributed by atoms with E-state index in [1.165, 1.54) is 17.2 Å². The Kier molecular flexibility index (Phi) is 5.36. The van der Waals surface area contributed by atoms with E-state index >= 15 is 0 Å². The highest BCUT2D eigenvalue weighted by molar-refractivity contribution is 6.44. The van der Waals surface area contributed by atoms with Gasteiger partial charge in [0.1, 0.15) is 0 Å². The Morgan fingerprint density at radius 2 is 1.88 bits per heavy atom. The molecule has 0 saturated carbocycles. The van der Waals surface area contributed by atoms with E-state index in [1.54, 1.807) is 6.07 Å². The first kappa shape index (κ1) is 17.6. The van der Waals surface area contributed by atoms with Crippen molar-refractivity contribution in [3.05, 3.63) is 62.6 Å². The Balaban J connectivity index is 1.77. The first-order valence-corrected chi connectivity index (χ1v) is 8.81. The summed E-state index contributed by atoms with van der Waals surface area (Å²) < 4.78 is 0. The van der Waals surface area contributed by atoms with Crippen LogP contribution in [0.25, 0.3) is 0 Å². The minimum absolute atomic E-state index is 0.0523. The highest BCUT2D eigenvalue weighted by Crippen LogP contribution is 2.34. The highest BCUT2D eigenvalue weighted by Gasteiger charge is 2.26. The third-order valence-corrected chi connectivity index (χ3v) is 5.38. The Hall–Kier alpha value is -1.26. The Morgan fingerprint density at radius 3 is 2.67 bits per heavy atom. The maximum Gasteiger partial charge on any atom is 0.226 e. The molecule has 1 unspecified atom stereocenters. The number of amides is 1. The summed E-state index contributed by atoms with van der Waals surface area (Å²) in [5, 5.41) is 3.93. The van der Waals surface area contributed by atoms with Crippen molar-refractivity contribution >= 4 is 46.4 Å². The highest BCUT2D eigenvalue weighted by atomic mass is 35.5. The van der Waals surface area contributed by atoms with Gasteiger partial charge in [-0.1, -0.05) is 59.1 Å². The molecule has 0 spiro atoms. The molecule has 126 valence electrons. The number of fused-ring (bicyclic) bond motifs is 1. The fraction of sp³-hybridized carbons (Fsp3) is 0.278.